The zero-order chi connectivity index (χ0) is 88.6. The molecule has 12 aromatic carbocycles. The van der Waals surface area contributed by atoms with Crippen LogP contribution >= 0.6 is 0 Å². The summed E-state index contributed by atoms with van der Waals surface area (Å²) < 4.78 is 53.8. The molecule has 22 nitrogen and oxygen atoms in total. The molecule has 27 heteroatoms. The van der Waals surface area contributed by atoms with Crippen LogP contribution < -0.4 is 40.2 Å². The Balaban J connectivity index is 0.000000163. The molecule has 5 aliphatic rings. The Kier molecular flexibility index (Phi) is 31.4. The van der Waals surface area contributed by atoms with E-state index in [0.717, 1.165) is 98.5 Å². The minimum atomic E-state index is -0.984. The second kappa shape index (κ2) is 42.3. The summed E-state index contributed by atoms with van der Waals surface area (Å²) in [4.78, 5) is 127. The number of carbonyl (C=O) groups excluding carboxylic acids is 8. The average molecular weight is 1710 g/mol. The van der Waals surface area contributed by atoms with Gasteiger partial charge >= 0.3 is 47.5 Å². The van der Waals surface area contributed by atoms with Gasteiger partial charge in [0, 0.05) is 111 Å². The van der Waals surface area contributed by atoms with Gasteiger partial charge in [-0.2, -0.15) is 0 Å². The molecule has 5 aliphatic carbocycles. The number of hydrogen-bond acceptors (Lipinski definition) is 17. The van der Waals surface area contributed by atoms with Crippen molar-refractivity contribution in [3.63, 3.8) is 0 Å². The summed E-state index contributed by atoms with van der Waals surface area (Å²) in [5, 5.41) is 78.5. The van der Waals surface area contributed by atoms with Crippen LogP contribution in [0.25, 0.3) is 12.2 Å². The molecule has 2 atom stereocenters. The van der Waals surface area contributed by atoms with Crippen molar-refractivity contribution in [1.29, 1.82) is 0 Å². The van der Waals surface area contributed by atoms with Gasteiger partial charge in [-0.05, 0) is 282 Å². The molecule has 0 aromatic heterocycles. The molecule has 0 spiro atoms. The zero-order valence-electron chi connectivity index (χ0n) is 67.2. The molecule has 0 saturated heterocycles. The van der Waals surface area contributed by atoms with Gasteiger partial charge in [-0.1, -0.05) is 60.7 Å². The van der Waals surface area contributed by atoms with Crippen LogP contribution in [0.15, 0.2) is 260 Å². The number of aromatic hydroxyl groups is 5. The Morgan fingerprint density at radius 3 is 1.04 bits per heavy atom. The monoisotopic (exact) mass is 1710 g/mol. The van der Waals surface area contributed by atoms with E-state index in [4.69, 9.17) is 20.4 Å². The summed E-state index contributed by atoms with van der Waals surface area (Å²) in [6, 6.07) is 62.3. The number of aromatic carboxylic acids is 3. The van der Waals surface area contributed by atoms with Crippen molar-refractivity contribution in [3.05, 3.63) is 406 Å². The molecule has 126 heavy (non-hydrogen) atoms. The van der Waals surface area contributed by atoms with Gasteiger partial charge in [0.25, 0.3) is 11.8 Å². The Bertz CT molecular complexity index is 6270. The van der Waals surface area contributed by atoms with Crippen molar-refractivity contribution < 1.29 is 146 Å². The van der Waals surface area contributed by atoms with Gasteiger partial charge in [0.2, 0.25) is 0 Å². The zero-order valence-corrected chi connectivity index (χ0v) is 69.2. The van der Waals surface area contributed by atoms with Gasteiger partial charge in [0.15, 0.2) is 28.9 Å². The first-order chi connectivity index (χ1) is 59.4. The maximum atomic E-state index is 13.7. The summed E-state index contributed by atoms with van der Waals surface area (Å²) in [5.74, 6) is -5.33. The molecule has 12 aromatic rings. The number of fused-ring (bicyclic) bond motifs is 5. The number of phenolic OH excluding ortho intramolecular Hbond substituents is 5. The van der Waals surface area contributed by atoms with Crippen LogP contribution in [0, 0.1) is 35.1 Å². The number of Topliss-reactive ketones (excluding diaryl/α,β-unsaturated/α-hetero) is 5. The normalized spacial score (nSPS) is 14.4. The van der Waals surface area contributed by atoms with Crippen LogP contribution in [-0.4, -0.2) is 111 Å². The molecule has 0 bridgehead atoms. The molecule has 11 N–H and O–H groups in total. The van der Waals surface area contributed by atoms with E-state index in [1.54, 1.807) is 164 Å². The van der Waals surface area contributed by atoms with E-state index in [9.17, 15) is 90.7 Å². The third kappa shape index (κ3) is 23.9. The number of rotatable bonds is 16. The van der Waals surface area contributed by atoms with Gasteiger partial charge < -0.3 is 57.0 Å². The number of hydrogen-bond donors (Lipinski definition) is 10. The molecule has 0 saturated carbocycles. The second-order valence-corrected chi connectivity index (χ2v) is 29.6. The number of carboxylic acids is 3. The minimum Gasteiger partial charge on any atom is -0.870 e. The first-order valence-electron chi connectivity index (χ1n) is 38.7. The fourth-order valence-electron chi connectivity index (χ4n) is 14.6. The molecule has 2 amide bonds. The molecule has 2 unspecified atom stereocenters. The Morgan fingerprint density at radius 1 is 0.357 bits per heavy atom. The number of amides is 2. The summed E-state index contributed by atoms with van der Waals surface area (Å²) >= 11 is 0. The van der Waals surface area contributed by atoms with Gasteiger partial charge in [-0.3, -0.25) is 38.4 Å². The molecule has 0 fully saturated rings. The number of halogens is 4. The Morgan fingerprint density at radius 2 is 0.675 bits per heavy atom. The molecular weight excluding hydrogens is 1640 g/mol. The van der Waals surface area contributed by atoms with Crippen LogP contribution in [0.4, 0.5) is 17.6 Å². The largest absolute Gasteiger partial charge is 1.00 e. The second-order valence-electron chi connectivity index (χ2n) is 29.6. The summed E-state index contributed by atoms with van der Waals surface area (Å²) in [6.07, 6.45) is 8.76. The molecule has 632 valence electrons. The van der Waals surface area contributed by atoms with E-state index in [2.05, 4.69) is 10.6 Å². The molecule has 0 aliphatic heterocycles. The third-order valence-electron chi connectivity index (χ3n) is 21.0. The molecule has 17 rings (SSSR count). The predicted octanol–water partition coefficient (Wildman–Crippen LogP) is 13.8. The van der Waals surface area contributed by atoms with E-state index < -0.39 is 53.0 Å². The maximum absolute atomic E-state index is 13.7. The van der Waals surface area contributed by atoms with Crippen molar-refractivity contribution in [2.45, 2.75) is 64.5 Å². The van der Waals surface area contributed by atoms with E-state index in [-0.39, 0.29) is 145 Å². The number of aryl methyl sites for hydroxylation is 1. The van der Waals surface area contributed by atoms with Gasteiger partial charge in [0.05, 0.1) is 16.7 Å². The summed E-state index contributed by atoms with van der Waals surface area (Å²) in [5.41, 5.74) is 14.3. The topological polar surface area (TPSA) is 404 Å². The van der Waals surface area contributed by atoms with Crippen LogP contribution in [-0.2, 0) is 58.0 Å². The van der Waals surface area contributed by atoms with Crippen LogP contribution in [0.3, 0.4) is 0 Å². The van der Waals surface area contributed by atoms with E-state index in [1.165, 1.54) is 60.7 Å². The number of carboxylic acid groups (broad SMARTS) is 3. The third-order valence-corrected chi connectivity index (χ3v) is 21.0. The predicted molar refractivity (Wildman–Crippen MR) is 451 cm³/mol. The van der Waals surface area contributed by atoms with E-state index >= 15 is 0 Å². The van der Waals surface area contributed by atoms with Gasteiger partial charge in [-0.15, -0.1) is 0 Å². The number of benzene rings is 12. The Hall–Kier alpha value is -14.8. The van der Waals surface area contributed by atoms with Crippen LogP contribution in [0.1, 0.15) is 182 Å². The maximum Gasteiger partial charge on any atom is 1.00 e. The first kappa shape index (κ1) is 93.4. The van der Waals surface area contributed by atoms with E-state index in [1.807, 2.05) is 0 Å². The van der Waals surface area contributed by atoms with Crippen molar-refractivity contribution in [2.75, 3.05) is 0 Å². The number of allylic oxidation sites excluding steroid dienone is 2. The van der Waals surface area contributed by atoms with E-state index in [0.29, 0.717) is 101 Å². The minimum absolute atomic E-state index is 0. The van der Waals surface area contributed by atoms with Crippen LogP contribution in [0.5, 0.6) is 28.7 Å². The number of ketones is 5. The standard InChI is InChI=1S/C24H19F2NO3.C24H17F2NO3.C17H14O4.C17H12O4.C9H8O2.C8H6O3.Na.H2O/c2*25-19-5-8-22(26)18(11-19)13-27-24(30)15-3-1-14(2-4-15)9-17-10-16-12-20(28)6-7-21(16)23(17)29;2*18-14-5-6-15-12(9-14)8-13(16(15)19)7-10-1-3-11(4-2-10)17(20)21;10-7-2-3-8-6(5-7)1-4-9(8)11;9-5-6-1-3-7(4-2-6)8(10)11;;/h1-8,11-12,17,28H,9-10,13H2,(H,27,30);1-9,11-12,28H,10,13H2,(H,27,30);1-6,9,13,18H,7-8H2,(H,20,21);1-7,9,18H,8H2,(H,20,21);2-3,5,10H,1,4H2;1-5H,(H,10,11);;1H2/q;;;;;;+1;/p-1/b;17-9+;;13-7+;;;;. The van der Waals surface area contributed by atoms with Crippen molar-refractivity contribution in [1.82, 2.24) is 10.6 Å². The Labute approximate surface area is 739 Å². The SMILES string of the molecule is O=C(NCc1cc(F)ccc1F)c1ccc(/C=C2\Cc3cc(O)ccc3C2=O)cc1.O=C(NCc1cc(F)ccc1F)c1ccc(CC2Cc3cc(O)ccc3C2=O)cc1.O=C(O)c1ccc(/C=C2\Cc3cc(O)ccc3C2=O)cc1.O=C(O)c1ccc(CC2Cc3cc(O)ccc3C2=O)cc1.O=C1CCc2cc(O)ccc21.O=Cc1ccc(C(=O)O)cc1.[Na+].[OH-]. The first-order valence-corrected chi connectivity index (χ1v) is 38.7. The number of aldehydes is 1. The molecule has 0 radical (unpaired) electrons. The van der Waals surface area contributed by atoms with Crippen molar-refractivity contribution in [3.8, 4) is 28.7 Å². The fourth-order valence-corrected chi connectivity index (χ4v) is 14.6. The smallest absolute Gasteiger partial charge is 0.870 e. The quantitative estimate of drug-likeness (QED) is 0.0186. The average Bonchev–Trinajstić information content (AvgIpc) is 1.66. The van der Waals surface area contributed by atoms with Crippen LogP contribution in [0.2, 0.25) is 0 Å². The number of phenols is 5. The van der Waals surface area contributed by atoms with Crippen molar-refractivity contribution in [2.24, 2.45) is 11.8 Å². The number of nitrogens with one attached hydrogen (secondary N) is 2. The fraction of sp³-hybridized carbons (Fsp3) is 0.121. The van der Waals surface area contributed by atoms with Crippen molar-refractivity contribution >= 4 is 77.1 Å². The summed E-state index contributed by atoms with van der Waals surface area (Å²) in [7, 11) is 0. The number of carbonyl (C=O) groups is 11. The molecular formula is C99H77F4N2NaO20. The van der Waals surface area contributed by atoms with Gasteiger partial charge in [-0.25, -0.2) is 31.9 Å². The van der Waals surface area contributed by atoms with Gasteiger partial charge in [0.1, 0.15) is 58.3 Å². The molecule has 0 heterocycles. The summed E-state index contributed by atoms with van der Waals surface area (Å²) in [6.45, 7) is -0.250.